The van der Waals surface area contributed by atoms with Gasteiger partial charge in [-0.2, -0.15) is 0 Å². The summed E-state index contributed by atoms with van der Waals surface area (Å²) in [4.78, 5) is 0.577. The van der Waals surface area contributed by atoms with Gasteiger partial charge in [0.05, 0.1) is 12.2 Å². The molecule has 0 aromatic carbocycles. The van der Waals surface area contributed by atoms with E-state index in [0.29, 0.717) is 16.7 Å². The number of fused-ring (bicyclic) bond motifs is 1. The molecule has 23 heavy (non-hydrogen) atoms. The van der Waals surface area contributed by atoms with Crippen molar-refractivity contribution in [1.29, 1.82) is 0 Å². The Morgan fingerprint density at radius 3 is 2.43 bits per heavy atom. The third-order valence-electron chi connectivity index (χ3n) is 7.19. The topological polar surface area (TPSA) is 40.5 Å². The largest absolute Gasteiger partial charge is 0.392 e. The number of allylic oxidation sites excluding steroid dienone is 1. The lowest BCUT2D eigenvalue weighted by molar-refractivity contribution is -0.166. The van der Waals surface area contributed by atoms with Gasteiger partial charge in [0, 0.05) is 4.83 Å². The summed E-state index contributed by atoms with van der Waals surface area (Å²) in [6.07, 6.45) is 8.31. The first-order chi connectivity index (χ1) is 10.6. The number of aliphatic hydroxyl groups excluding tert-OH is 1. The first kappa shape index (κ1) is 19.5. The van der Waals surface area contributed by atoms with Crippen LogP contribution in [0.3, 0.4) is 0 Å². The van der Waals surface area contributed by atoms with Gasteiger partial charge in [0.15, 0.2) is 0 Å². The number of alkyl halides is 1. The van der Waals surface area contributed by atoms with Gasteiger partial charge in [0.1, 0.15) is 0 Å². The highest BCUT2D eigenvalue weighted by atomic mass is 79.9. The Balaban J connectivity index is 2.28. The molecule has 0 aliphatic heterocycles. The van der Waals surface area contributed by atoms with E-state index in [4.69, 9.17) is 5.11 Å². The number of rotatable bonds is 4. The minimum Gasteiger partial charge on any atom is -0.392 e. The van der Waals surface area contributed by atoms with E-state index in [1.165, 1.54) is 18.4 Å². The van der Waals surface area contributed by atoms with Crippen LogP contribution in [0, 0.1) is 22.7 Å². The fraction of sp³-hybridized carbons (Fsp3) is 0.900. The van der Waals surface area contributed by atoms with Crippen LogP contribution >= 0.6 is 15.9 Å². The molecule has 2 N–H and O–H groups in total. The van der Waals surface area contributed by atoms with Crippen LogP contribution in [0.15, 0.2) is 11.6 Å². The average molecular weight is 387 g/mol. The van der Waals surface area contributed by atoms with Crippen molar-refractivity contribution in [1.82, 2.24) is 0 Å². The van der Waals surface area contributed by atoms with Crippen molar-refractivity contribution >= 4 is 15.9 Å². The van der Waals surface area contributed by atoms with Gasteiger partial charge >= 0.3 is 0 Å². The van der Waals surface area contributed by atoms with E-state index in [-0.39, 0.29) is 17.4 Å². The molecular weight excluding hydrogens is 352 g/mol. The molecular formula is C20H35BrO2. The Labute approximate surface area is 150 Å². The summed E-state index contributed by atoms with van der Waals surface area (Å²) in [6, 6.07) is 0. The molecule has 0 unspecified atom stereocenters. The van der Waals surface area contributed by atoms with Gasteiger partial charge < -0.3 is 10.2 Å². The second kappa shape index (κ2) is 6.80. The van der Waals surface area contributed by atoms with Gasteiger partial charge in [0.25, 0.3) is 0 Å². The molecule has 2 aliphatic rings. The predicted molar refractivity (Wildman–Crippen MR) is 101 cm³/mol. The third-order valence-corrected chi connectivity index (χ3v) is 8.83. The summed E-state index contributed by atoms with van der Waals surface area (Å²) < 4.78 is 0. The maximum absolute atomic E-state index is 11.1. The van der Waals surface area contributed by atoms with Crippen molar-refractivity contribution < 1.29 is 10.2 Å². The highest BCUT2D eigenvalue weighted by Gasteiger charge is 2.59. The Bertz CT molecular complexity index is 455. The predicted octanol–water partition coefficient (Wildman–Crippen LogP) is 5.07. The van der Waals surface area contributed by atoms with Crippen LogP contribution < -0.4 is 0 Å². The summed E-state index contributed by atoms with van der Waals surface area (Å²) in [7, 11) is 0. The van der Waals surface area contributed by atoms with E-state index in [1.54, 1.807) is 0 Å². The van der Waals surface area contributed by atoms with Crippen molar-refractivity contribution in [3.05, 3.63) is 11.6 Å². The van der Waals surface area contributed by atoms with Crippen LogP contribution in [0.4, 0.5) is 0 Å². The van der Waals surface area contributed by atoms with E-state index in [0.717, 1.165) is 25.7 Å². The highest BCUT2D eigenvalue weighted by molar-refractivity contribution is 9.09. The molecule has 2 fully saturated rings. The van der Waals surface area contributed by atoms with Gasteiger partial charge in [0.2, 0.25) is 0 Å². The molecule has 0 aromatic rings. The van der Waals surface area contributed by atoms with Gasteiger partial charge in [-0.1, -0.05) is 48.4 Å². The fourth-order valence-electron chi connectivity index (χ4n) is 5.76. The Kier molecular flexibility index (Phi) is 5.76. The van der Waals surface area contributed by atoms with Gasteiger partial charge in [-0.3, -0.25) is 0 Å². The lowest BCUT2D eigenvalue weighted by Gasteiger charge is -2.62. The second-order valence-electron chi connectivity index (χ2n) is 9.11. The smallest absolute Gasteiger partial charge is 0.0653 e. The van der Waals surface area contributed by atoms with Crippen molar-refractivity contribution in [3.63, 3.8) is 0 Å². The molecule has 0 aromatic heterocycles. The van der Waals surface area contributed by atoms with Crippen LogP contribution in [-0.4, -0.2) is 27.2 Å². The molecule has 134 valence electrons. The zero-order chi connectivity index (χ0) is 17.5. The molecule has 2 nitrogen and oxygen atoms in total. The SMILES string of the molecule is C/C(=C\CO)CC[C@H]1[C@]2(C)CC[C@@H](Br)C(C)(C)[C@H]2CC[C@]1(C)O. The molecule has 2 aliphatic carbocycles. The van der Waals surface area contributed by atoms with Crippen molar-refractivity contribution in [2.45, 2.75) is 83.6 Å². The maximum Gasteiger partial charge on any atom is 0.0653 e. The summed E-state index contributed by atoms with van der Waals surface area (Å²) in [6.45, 7) is 11.5. The fourth-order valence-corrected chi connectivity index (χ4v) is 6.31. The third kappa shape index (κ3) is 3.57. The van der Waals surface area contributed by atoms with E-state index in [1.807, 2.05) is 6.08 Å². The van der Waals surface area contributed by atoms with Crippen LogP contribution in [0.2, 0.25) is 0 Å². The van der Waals surface area contributed by atoms with Gasteiger partial charge in [-0.05, 0) is 75.0 Å². The maximum atomic E-state index is 11.1. The molecule has 3 heteroatoms. The number of halogens is 1. The van der Waals surface area contributed by atoms with Gasteiger partial charge in [-0.25, -0.2) is 0 Å². The Hall–Kier alpha value is 0.140. The zero-order valence-electron chi connectivity index (χ0n) is 15.5. The number of hydrogen-bond donors (Lipinski definition) is 2. The average Bonchev–Trinajstić information content (AvgIpc) is 2.42. The lowest BCUT2D eigenvalue weighted by Crippen LogP contribution is -2.59. The molecule has 0 radical (unpaired) electrons. The van der Waals surface area contributed by atoms with Crippen LogP contribution in [0.1, 0.15) is 73.1 Å². The lowest BCUT2D eigenvalue weighted by atomic mass is 9.45. The van der Waals surface area contributed by atoms with Crippen LogP contribution in [0.25, 0.3) is 0 Å². The first-order valence-corrected chi connectivity index (χ1v) is 10.1. The number of hydrogen-bond acceptors (Lipinski definition) is 2. The molecule has 0 amide bonds. The molecule has 2 rings (SSSR count). The molecule has 0 saturated heterocycles. The number of aliphatic hydroxyl groups is 2. The van der Waals surface area contributed by atoms with E-state index >= 15 is 0 Å². The minimum absolute atomic E-state index is 0.116. The van der Waals surface area contributed by atoms with Crippen molar-refractivity contribution in [3.8, 4) is 0 Å². The zero-order valence-corrected chi connectivity index (χ0v) is 17.1. The van der Waals surface area contributed by atoms with E-state index < -0.39 is 5.60 Å². The standard InChI is InChI=1S/C20H35BrO2/c1-14(10-13-22)6-7-16-19(4)11-9-17(21)18(2,3)15(19)8-12-20(16,5)23/h10,15-17,22-23H,6-9,11-13H2,1-5H3/b14-10+/t15-,16+,17-,19-,20+/m1/s1. The van der Waals surface area contributed by atoms with Crippen molar-refractivity contribution in [2.75, 3.05) is 6.61 Å². The molecule has 2 saturated carbocycles. The molecule has 0 spiro atoms. The Morgan fingerprint density at radius 1 is 1.17 bits per heavy atom. The molecule has 0 bridgehead atoms. The monoisotopic (exact) mass is 386 g/mol. The van der Waals surface area contributed by atoms with E-state index in [2.05, 4.69) is 50.5 Å². The van der Waals surface area contributed by atoms with E-state index in [9.17, 15) is 5.11 Å². The summed E-state index contributed by atoms with van der Waals surface area (Å²) in [5, 5.41) is 20.2. The van der Waals surface area contributed by atoms with Crippen LogP contribution in [-0.2, 0) is 0 Å². The first-order valence-electron chi connectivity index (χ1n) is 9.18. The second-order valence-corrected chi connectivity index (χ2v) is 10.2. The normalized spacial score (nSPS) is 44.0. The highest BCUT2D eigenvalue weighted by Crippen LogP contribution is 2.64. The van der Waals surface area contributed by atoms with Crippen LogP contribution in [0.5, 0.6) is 0 Å². The summed E-state index contributed by atoms with van der Waals surface area (Å²) in [5.74, 6) is 0.982. The Morgan fingerprint density at radius 2 is 1.83 bits per heavy atom. The minimum atomic E-state index is -0.569. The molecule has 5 atom stereocenters. The summed E-state index contributed by atoms with van der Waals surface area (Å²) in [5.41, 5.74) is 1.15. The molecule has 0 heterocycles. The summed E-state index contributed by atoms with van der Waals surface area (Å²) >= 11 is 3.93. The van der Waals surface area contributed by atoms with Crippen molar-refractivity contribution in [2.24, 2.45) is 22.7 Å². The van der Waals surface area contributed by atoms with Gasteiger partial charge in [-0.15, -0.1) is 0 Å². The quantitative estimate of drug-likeness (QED) is 0.522.